The Hall–Kier alpha value is -2.49. The highest BCUT2D eigenvalue weighted by Gasteiger charge is 2.24. The van der Waals surface area contributed by atoms with E-state index in [9.17, 15) is 4.79 Å². The summed E-state index contributed by atoms with van der Waals surface area (Å²) in [6.45, 7) is 3.04. The quantitative estimate of drug-likeness (QED) is 0.941. The molecule has 1 atom stereocenters. The van der Waals surface area contributed by atoms with Gasteiger partial charge < -0.3 is 14.8 Å². The van der Waals surface area contributed by atoms with Crippen molar-refractivity contribution in [2.45, 2.75) is 19.4 Å². The van der Waals surface area contributed by atoms with Crippen LogP contribution in [0.3, 0.4) is 0 Å². The van der Waals surface area contributed by atoms with Crippen molar-refractivity contribution in [2.24, 2.45) is 0 Å². The van der Waals surface area contributed by atoms with E-state index in [1.807, 2.05) is 49.4 Å². The molecule has 0 saturated carbocycles. The first-order chi connectivity index (χ1) is 10.8. The molecule has 2 aromatic carbocycles. The molecule has 0 spiro atoms. The van der Waals surface area contributed by atoms with Gasteiger partial charge in [-0.2, -0.15) is 0 Å². The molecule has 0 fully saturated rings. The highest BCUT2D eigenvalue weighted by molar-refractivity contribution is 5.97. The number of nitrogens with one attached hydrogen (secondary N) is 1. The minimum absolute atomic E-state index is 0.0351. The van der Waals surface area contributed by atoms with E-state index in [2.05, 4.69) is 5.32 Å². The first kappa shape index (κ1) is 14.4. The lowest BCUT2D eigenvalue weighted by molar-refractivity contribution is 0.0921. The zero-order chi connectivity index (χ0) is 15.4. The Morgan fingerprint density at radius 1 is 1.23 bits per heavy atom. The summed E-state index contributed by atoms with van der Waals surface area (Å²) in [6.07, 6.45) is 0.763. The lowest BCUT2D eigenvalue weighted by atomic mass is 10.00. The summed E-state index contributed by atoms with van der Waals surface area (Å²) in [5, 5.41) is 3.09. The molecule has 0 radical (unpaired) electrons. The number of ether oxygens (including phenoxy) is 2. The third-order valence-electron chi connectivity index (χ3n) is 3.70. The maximum absolute atomic E-state index is 12.6. The van der Waals surface area contributed by atoms with Gasteiger partial charge >= 0.3 is 0 Å². The zero-order valence-corrected chi connectivity index (χ0v) is 12.5. The van der Waals surface area contributed by atoms with Crippen LogP contribution in [0.2, 0.25) is 0 Å². The predicted octanol–water partition coefficient (Wildman–Crippen LogP) is 3.34. The molecule has 22 heavy (non-hydrogen) atoms. The Morgan fingerprint density at radius 2 is 2.00 bits per heavy atom. The fourth-order valence-corrected chi connectivity index (χ4v) is 2.66. The monoisotopic (exact) mass is 297 g/mol. The number of rotatable bonds is 4. The molecular formula is C18H19NO3. The number of para-hydroxylation sites is 2. The van der Waals surface area contributed by atoms with Crippen LogP contribution < -0.4 is 14.8 Å². The third-order valence-corrected chi connectivity index (χ3v) is 3.70. The van der Waals surface area contributed by atoms with E-state index in [1.54, 1.807) is 6.07 Å². The van der Waals surface area contributed by atoms with Crippen molar-refractivity contribution < 1.29 is 14.3 Å². The number of carbonyl (C=O) groups excluding carboxylic acids is 1. The molecule has 2 aromatic rings. The standard InChI is InChI=1S/C18H19NO3/c1-2-21-17-10-6-4-8-14(17)18(20)19-15-11-12-22-16-9-5-3-7-13(15)16/h3-10,15H,2,11-12H2,1H3,(H,19,20)/t15-/m0/s1. The third kappa shape index (κ3) is 2.91. The van der Waals surface area contributed by atoms with Crippen LogP contribution in [-0.4, -0.2) is 19.1 Å². The Kier molecular flexibility index (Phi) is 4.28. The lowest BCUT2D eigenvalue weighted by Crippen LogP contribution is -2.32. The summed E-state index contributed by atoms with van der Waals surface area (Å²) in [6, 6.07) is 15.1. The summed E-state index contributed by atoms with van der Waals surface area (Å²) in [7, 11) is 0. The predicted molar refractivity (Wildman–Crippen MR) is 84.4 cm³/mol. The van der Waals surface area contributed by atoms with Crippen molar-refractivity contribution >= 4 is 5.91 Å². The molecular weight excluding hydrogens is 278 g/mol. The maximum Gasteiger partial charge on any atom is 0.255 e. The van der Waals surface area contributed by atoms with Gasteiger partial charge in [0.25, 0.3) is 5.91 Å². The topological polar surface area (TPSA) is 47.6 Å². The Morgan fingerprint density at radius 3 is 2.86 bits per heavy atom. The number of hydrogen-bond acceptors (Lipinski definition) is 3. The molecule has 0 aromatic heterocycles. The average Bonchev–Trinajstić information content (AvgIpc) is 2.56. The molecule has 0 saturated heterocycles. The Bertz CT molecular complexity index is 669. The highest BCUT2D eigenvalue weighted by atomic mass is 16.5. The maximum atomic E-state index is 12.6. The van der Waals surface area contributed by atoms with E-state index in [-0.39, 0.29) is 11.9 Å². The lowest BCUT2D eigenvalue weighted by Gasteiger charge is -2.26. The normalized spacial score (nSPS) is 16.3. The van der Waals surface area contributed by atoms with Gasteiger partial charge in [-0.1, -0.05) is 30.3 Å². The van der Waals surface area contributed by atoms with Crippen molar-refractivity contribution in [1.29, 1.82) is 0 Å². The number of benzene rings is 2. The van der Waals surface area contributed by atoms with E-state index in [0.717, 1.165) is 17.7 Å². The van der Waals surface area contributed by atoms with Gasteiger partial charge in [0, 0.05) is 12.0 Å². The van der Waals surface area contributed by atoms with E-state index in [4.69, 9.17) is 9.47 Å². The summed E-state index contributed by atoms with van der Waals surface area (Å²) in [5.41, 5.74) is 1.59. The van der Waals surface area contributed by atoms with Gasteiger partial charge in [0.05, 0.1) is 24.8 Å². The zero-order valence-electron chi connectivity index (χ0n) is 12.5. The molecule has 0 unspecified atom stereocenters. The fraction of sp³-hybridized carbons (Fsp3) is 0.278. The van der Waals surface area contributed by atoms with Crippen molar-refractivity contribution in [1.82, 2.24) is 5.32 Å². The second-order valence-corrected chi connectivity index (χ2v) is 5.13. The van der Waals surface area contributed by atoms with E-state index in [0.29, 0.717) is 24.5 Å². The van der Waals surface area contributed by atoms with E-state index < -0.39 is 0 Å². The Balaban J connectivity index is 1.81. The molecule has 4 heteroatoms. The number of amides is 1. The van der Waals surface area contributed by atoms with E-state index in [1.165, 1.54) is 0 Å². The average molecular weight is 297 g/mol. The van der Waals surface area contributed by atoms with E-state index >= 15 is 0 Å². The van der Waals surface area contributed by atoms with Crippen LogP contribution in [-0.2, 0) is 0 Å². The van der Waals surface area contributed by atoms with Gasteiger partial charge in [0.1, 0.15) is 11.5 Å². The number of hydrogen-bond donors (Lipinski definition) is 1. The molecule has 0 aliphatic carbocycles. The summed E-state index contributed by atoms with van der Waals surface area (Å²) in [5.74, 6) is 1.34. The van der Waals surface area contributed by atoms with Crippen LogP contribution in [0.5, 0.6) is 11.5 Å². The molecule has 1 heterocycles. The smallest absolute Gasteiger partial charge is 0.255 e. The minimum Gasteiger partial charge on any atom is -0.493 e. The van der Waals surface area contributed by atoms with Gasteiger partial charge in [-0.15, -0.1) is 0 Å². The SMILES string of the molecule is CCOc1ccccc1C(=O)N[C@H]1CCOc2ccccc21. The first-order valence-electron chi connectivity index (χ1n) is 7.54. The van der Waals surface area contributed by atoms with Crippen molar-refractivity contribution in [3.05, 3.63) is 59.7 Å². The first-order valence-corrected chi connectivity index (χ1v) is 7.54. The Labute approximate surface area is 130 Å². The van der Waals surface area contributed by atoms with Gasteiger partial charge in [-0.3, -0.25) is 4.79 Å². The molecule has 0 bridgehead atoms. The summed E-state index contributed by atoms with van der Waals surface area (Å²) >= 11 is 0. The molecule has 3 rings (SSSR count). The minimum atomic E-state index is -0.120. The number of fused-ring (bicyclic) bond motifs is 1. The summed E-state index contributed by atoms with van der Waals surface area (Å²) in [4.78, 5) is 12.6. The molecule has 1 N–H and O–H groups in total. The van der Waals surface area contributed by atoms with Crippen LogP contribution in [0, 0.1) is 0 Å². The highest BCUT2D eigenvalue weighted by Crippen LogP contribution is 2.32. The molecule has 1 aliphatic rings. The van der Waals surface area contributed by atoms with Crippen LogP contribution in [0.4, 0.5) is 0 Å². The molecule has 4 nitrogen and oxygen atoms in total. The molecule has 1 amide bonds. The van der Waals surface area contributed by atoms with Crippen molar-refractivity contribution in [3.63, 3.8) is 0 Å². The molecule has 1 aliphatic heterocycles. The van der Waals surface area contributed by atoms with Gasteiger partial charge in [-0.25, -0.2) is 0 Å². The van der Waals surface area contributed by atoms with Crippen LogP contribution in [0.15, 0.2) is 48.5 Å². The molecule has 114 valence electrons. The van der Waals surface area contributed by atoms with Gasteiger partial charge in [-0.05, 0) is 25.1 Å². The van der Waals surface area contributed by atoms with Crippen molar-refractivity contribution in [3.8, 4) is 11.5 Å². The van der Waals surface area contributed by atoms with Gasteiger partial charge in [0.2, 0.25) is 0 Å². The second-order valence-electron chi connectivity index (χ2n) is 5.13. The van der Waals surface area contributed by atoms with Crippen LogP contribution in [0.1, 0.15) is 35.3 Å². The second kappa shape index (κ2) is 6.52. The summed E-state index contributed by atoms with van der Waals surface area (Å²) < 4.78 is 11.2. The van der Waals surface area contributed by atoms with Crippen molar-refractivity contribution in [2.75, 3.05) is 13.2 Å². The van der Waals surface area contributed by atoms with Gasteiger partial charge in [0.15, 0.2) is 0 Å². The number of carbonyl (C=O) groups is 1. The largest absolute Gasteiger partial charge is 0.493 e. The fourth-order valence-electron chi connectivity index (χ4n) is 2.66. The van der Waals surface area contributed by atoms with Crippen LogP contribution >= 0.6 is 0 Å². The van der Waals surface area contributed by atoms with Crippen LogP contribution in [0.25, 0.3) is 0 Å².